The van der Waals surface area contributed by atoms with Crippen molar-refractivity contribution in [3.63, 3.8) is 0 Å². The third-order valence-corrected chi connectivity index (χ3v) is 3.66. The number of benzene rings is 1. The van der Waals surface area contributed by atoms with E-state index in [1.54, 1.807) is 12.1 Å². The average Bonchev–Trinajstić information content (AvgIpc) is 2.84. The van der Waals surface area contributed by atoms with Gasteiger partial charge in [0.15, 0.2) is 0 Å². The molecule has 1 saturated heterocycles. The number of hydrogen-bond donors (Lipinski definition) is 2. The van der Waals surface area contributed by atoms with Crippen LogP contribution in [0.15, 0.2) is 18.2 Å². The number of carboxylic acid groups (broad SMARTS) is 1. The molecule has 0 aliphatic carbocycles. The second kappa shape index (κ2) is 6.26. The van der Waals surface area contributed by atoms with E-state index < -0.39 is 5.97 Å². The third-order valence-electron chi connectivity index (χ3n) is 3.35. The quantitative estimate of drug-likeness (QED) is 0.872. The number of rotatable bonds is 5. The molecule has 0 bridgehead atoms. The molecule has 1 aliphatic rings. The Morgan fingerprint density at radius 1 is 1.47 bits per heavy atom. The second-order valence-corrected chi connectivity index (χ2v) is 5.46. The van der Waals surface area contributed by atoms with Gasteiger partial charge in [0, 0.05) is 12.6 Å². The van der Waals surface area contributed by atoms with Crippen LogP contribution >= 0.6 is 11.6 Å². The summed E-state index contributed by atoms with van der Waals surface area (Å²) in [5, 5.41) is 12.7. The highest BCUT2D eigenvalue weighted by Gasteiger charge is 2.15. The summed E-state index contributed by atoms with van der Waals surface area (Å²) in [7, 11) is 0. The SMILES string of the molecule is CC(CN1CCCC1)Nc1ccc(C(=O)O)cc1Cl. The molecule has 1 unspecified atom stereocenters. The number of nitrogens with zero attached hydrogens (tertiary/aromatic N) is 1. The lowest BCUT2D eigenvalue weighted by molar-refractivity contribution is 0.0697. The lowest BCUT2D eigenvalue weighted by atomic mass is 10.2. The molecular weight excluding hydrogens is 264 g/mol. The molecule has 1 aromatic rings. The van der Waals surface area contributed by atoms with E-state index in [-0.39, 0.29) is 11.6 Å². The molecule has 0 saturated carbocycles. The molecule has 0 amide bonds. The van der Waals surface area contributed by atoms with Crippen molar-refractivity contribution < 1.29 is 9.90 Å². The zero-order chi connectivity index (χ0) is 13.8. The van der Waals surface area contributed by atoms with E-state index in [0.29, 0.717) is 5.02 Å². The largest absolute Gasteiger partial charge is 0.478 e. The van der Waals surface area contributed by atoms with E-state index in [2.05, 4.69) is 17.1 Å². The maximum Gasteiger partial charge on any atom is 0.335 e. The van der Waals surface area contributed by atoms with Gasteiger partial charge in [-0.1, -0.05) is 11.6 Å². The third kappa shape index (κ3) is 3.85. The molecule has 19 heavy (non-hydrogen) atoms. The number of hydrogen-bond acceptors (Lipinski definition) is 3. The van der Waals surface area contributed by atoms with Crippen LogP contribution in [0.1, 0.15) is 30.1 Å². The van der Waals surface area contributed by atoms with E-state index in [4.69, 9.17) is 16.7 Å². The van der Waals surface area contributed by atoms with Gasteiger partial charge in [0.25, 0.3) is 0 Å². The summed E-state index contributed by atoms with van der Waals surface area (Å²) >= 11 is 6.09. The molecule has 5 heteroatoms. The molecule has 0 aromatic heterocycles. The van der Waals surface area contributed by atoms with Crippen molar-refractivity contribution in [3.05, 3.63) is 28.8 Å². The number of anilines is 1. The molecule has 2 N–H and O–H groups in total. The van der Waals surface area contributed by atoms with Gasteiger partial charge >= 0.3 is 5.97 Å². The summed E-state index contributed by atoms with van der Waals surface area (Å²) in [5.41, 5.74) is 1.00. The average molecular weight is 283 g/mol. The van der Waals surface area contributed by atoms with Crippen molar-refractivity contribution >= 4 is 23.3 Å². The fourth-order valence-corrected chi connectivity index (χ4v) is 2.66. The molecule has 2 rings (SSSR count). The molecule has 1 aliphatic heterocycles. The van der Waals surface area contributed by atoms with Crippen LogP contribution in [0.2, 0.25) is 5.02 Å². The van der Waals surface area contributed by atoms with Crippen LogP contribution in [0.5, 0.6) is 0 Å². The van der Waals surface area contributed by atoms with Gasteiger partial charge in [0.1, 0.15) is 0 Å². The van der Waals surface area contributed by atoms with Crippen molar-refractivity contribution in [2.45, 2.75) is 25.8 Å². The van der Waals surface area contributed by atoms with Gasteiger partial charge in [-0.15, -0.1) is 0 Å². The normalized spacial score (nSPS) is 17.4. The highest BCUT2D eigenvalue weighted by atomic mass is 35.5. The number of nitrogens with one attached hydrogen (secondary N) is 1. The van der Waals surface area contributed by atoms with E-state index in [9.17, 15) is 4.79 Å². The van der Waals surface area contributed by atoms with E-state index in [0.717, 1.165) is 25.3 Å². The van der Waals surface area contributed by atoms with Crippen molar-refractivity contribution in [2.24, 2.45) is 0 Å². The highest BCUT2D eigenvalue weighted by Crippen LogP contribution is 2.24. The zero-order valence-corrected chi connectivity index (χ0v) is 11.8. The van der Waals surface area contributed by atoms with Crippen molar-refractivity contribution in [1.82, 2.24) is 4.90 Å². The van der Waals surface area contributed by atoms with Gasteiger partial charge in [-0.25, -0.2) is 4.79 Å². The van der Waals surface area contributed by atoms with Crippen LogP contribution in [0.25, 0.3) is 0 Å². The Balaban J connectivity index is 1.96. The Labute approximate surface area is 118 Å². The molecule has 0 spiro atoms. The number of carboxylic acids is 1. The predicted molar refractivity (Wildman–Crippen MR) is 77.2 cm³/mol. The van der Waals surface area contributed by atoms with E-state index >= 15 is 0 Å². The second-order valence-electron chi connectivity index (χ2n) is 5.05. The Morgan fingerprint density at radius 2 is 2.16 bits per heavy atom. The smallest absolute Gasteiger partial charge is 0.335 e. The van der Waals surface area contributed by atoms with Gasteiger partial charge in [0.2, 0.25) is 0 Å². The maximum atomic E-state index is 10.8. The first-order valence-electron chi connectivity index (χ1n) is 6.58. The Hall–Kier alpha value is -1.26. The monoisotopic (exact) mass is 282 g/mol. The molecule has 1 aromatic carbocycles. The summed E-state index contributed by atoms with van der Waals surface area (Å²) in [4.78, 5) is 13.3. The zero-order valence-electron chi connectivity index (χ0n) is 11.0. The van der Waals surface area contributed by atoms with Crippen LogP contribution in [0.4, 0.5) is 5.69 Å². The van der Waals surface area contributed by atoms with Crippen molar-refractivity contribution in [1.29, 1.82) is 0 Å². The van der Waals surface area contributed by atoms with Crippen molar-refractivity contribution in [3.8, 4) is 0 Å². The predicted octanol–water partition coefficient (Wildman–Crippen LogP) is 2.93. The summed E-state index contributed by atoms with van der Waals surface area (Å²) in [6, 6.07) is 5.06. The summed E-state index contributed by atoms with van der Waals surface area (Å²) in [6.45, 7) is 5.42. The fraction of sp³-hybridized carbons (Fsp3) is 0.500. The van der Waals surface area contributed by atoms with Crippen LogP contribution in [-0.2, 0) is 0 Å². The van der Waals surface area contributed by atoms with Gasteiger partial charge < -0.3 is 15.3 Å². The lowest BCUT2D eigenvalue weighted by Crippen LogP contribution is -2.33. The molecule has 1 atom stereocenters. The maximum absolute atomic E-state index is 10.8. The minimum Gasteiger partial charge on any atom is -0.478 e. The van der Waals surface area contributed by atoms with Gasteiger partial charge in [-0.3, -0.25) is 0 Å². The summed E-state index contributed by atoms with van der Waals surface area (Å²) in [5.74, 6) is -0.960. The first-order chi connectivity index (χ1) is 9.06. The van der Waals surface area contributed by atoms with E-state index in [1.165, 1.54) is 18.9 Å². The van der Waals surface area contributed by atoms with Crippen molar-refractivity contribution in [2.75, 3.05) is 25.0 Å². The molecule has 1 fully saturated rings. The standard InChI is InChI=1S/C14H19ClN2O2/c1-10(9-17-6-2-3-7-17)16-13-5-4-11(14(18)19)8-12(13)15/h4-5,8,10,16H,2-3,6-7,9H2,1H3,(H,18,19). The fourth-order valence-electron chi connectivity index (χ4n) is 2.43. The van der Waals surface area contributed by atoms with Crippen LogP contribution in [-0.4, -0.2) is 41.7 Å². The number of halogens is 1. The Bertz CT molecular complexity index is 459. The number of likely N-dealkylation sites (tertiary alicyclic amines) is 1. The topological polar surface area (TPSA) is 52.6 Å². The van der Waals surface area contributed by atoms with Crippen LogP contribution < -0.4 is 5.32 Å². The molecule has 1 heterocycles. The van der Waals surface area contributed by atoms with Crippen LogP contribution in [0.3, 0.4) is 0 Å². The first kappa shape index (κ1) is 14.2. The molecule has 0 radical (unpaired) electrons. The Kier molecular flexibility index (Phi) is 4.66. The molecular formula is C14H19ClN2O2. The highest BCUT2D eigenvalue weighted by molar-refractivity contribution is 6.33. The molecule has 104 valence electrons. The summed E-state index contributed by atoms with van der Waals surface area (Å²) < 4.78 is 0. The van der Waals surface area contributed by atoms with Gasteiger partial charge in [-0.2, -0.15) is 0 Å². The van der Waals surface area contributed by atoms with Gasteiger partial charge in [0.05, 0.1) is 16.3 Å². The Morgan fingerprint density at radius 3 is 2.74 bits per heavy atom. The lowest BCUT2D eigenvalue weighted by Gasteiger charge is -2.22. The van der Waals surface area contributed by atoms with Gasteiger partial charge in [-0.05, 0) is 51.1 Å². The minimum atomic E-state index is -0.960. The summed E-state index contributed by atoms with van der Waals surface area (Å²) in [6.07, 6.45) is 2.56. The van der Waals surface area contributed by atoms with Crippen LogP contribution in [0, 0.1) is 0 Å². The first-order valence-corrected chi connectivity index (χ1v) is 6.96. The molecule has 4 nitrogen and oxygen atoms in total. The van der Waals surface area contributed by atoms with E-state index in [1.807, 2.05) is 0 Å². The number of carbonyl (C=O) groups is 1. The minimum absolute atomic E-state index is 0.211. The number of aromatic carboxylic acids is 1.